The first-order valence-corrected chi connectivity index (χ1v) is 13.8. The second-order valence-electron chi connectivity index (χ2n) is 10.1. The number of hydrogen-bond acceptors (Lipinski definition) is 2. The molecule has 3 aliphatic rings. The Morgan fingerprint density at radius 2 is 2.00 bits per heavy atom. The smallest absolute Gasteiger partial charge is 0.288 e. The monoisotopic (exact) mass is 384 g/mol. The van der Waals surface area contributed by atoms with Gasteiger partial charge in [0.1, 0.15) is 5.75 Å². The highest BCUT2D eigenvalue weighted by atomic mass is 28.4. The van der Waals surface area contributed by atoms with E-state index in [2.05, 4.69) is 37.4 Å². The zero-order valence-corrected chi connectivity index (χ0v) is 18.0. The Morgan fingerprint density at radius 1 is 1.22 bits per heavy atom. The Morgan fingerprint density at radius 3 is 2.70 bits per heavy atom. The van der Waals surface area contributed by atoms with Gasteiger partial charge in [0.25, 0.3) is 6.21 Å². The molecule has 0 saturated heterocycles. The van der Waals surface area contributed by atoms with Gasteiger partial charge in [-0.15, -0.1) is 0 Å². The third kappa shape index (κ3) is 2.91. The summed E-state index contributed by atoms with van der Waals surface area (Å²) in [5, 5.41) is 9.86. The van der Waals surface area contributed by atoms with Crippen LogP contribution in [0.1, 0.15) is 56.1 Å². The van der Waals surface area contributed by atoms with Gasteiger partial charge in [0.15, 0.2) is 13.9 Å². The van der Waals surface area contributed by atoms with Crippen molar-refractivity contribution >= 4 is 14.5 Å². The lowest BCUT2D eigenvalue weighted by Gasteiger charge is -2.53. The minimum atomic E-state index is -1.79. The molecule has 1 aromatic rings. The first-order chi connectivity index (χ1) is 12.7. The largest absolute Gasteiger partial charge is 0.508 e. The molecule has 0 radical (unpaired) electrons. The Kier molecular flexibility index (Phi) is 4.41. The van der Waals surface area contributed by atoms with Gasteiger partial charge in [-0.2, -0.15) is 4.79 Å². The van der Waals surface area contributed by atoms with Crippen LogP contribution >= 0.6 is 0 Å². The summed E-state index contributed by atoms with van der Waals surface area (Å²) in [6.07, 6.45) is 8.28. The Labute approximate surface area is 163 Å². The van der Waals surface area contributed by atoms with Crippen LogP contribution in [0.3, 0.4) is 0 Å². The molecule has 5 heteroatoms. The number of benzene rings is 1. The van der Waals surface area contributed by atoms with Crippen molar-refractivity contribution in [3.63, 3.8) is 0 Å². The molecule has 0 amide bonds. The maximum atomic E-state index is 9.86. The van der Waals surface area contributed by atoms with E-state index in [1.807, 2.05) is 12.1 Å². The van der Waals surface area contributed by atoms with E-state index in [1.54, 1.807) is 6.21 Å². The van der Waals surface area contributed by atoms with E-state index in [0.29, 0.717) is 23.5 Å². The van der Waals surface area contributed by atoms with Crippen LogP contribution in [-0.4, -0.2) is 30.0 Å². The third-order valence-corrected chi connectivity index (χ3v) is 8.62. The molecule has 1 aromatic carbocycles. The quantitative estimate of drug-likeness (QED) is 0.339. The van der Waals surface area contributed by atoms with Crippen molar-refractivity contribution in [3.8, 4) is 5.75 Å². The van der Waals surface area contributed by atoms with Crippen LogP contribution in [0.5, 0.6) is 5.75 Å². The van der Waals surface area contributed by atoms with Crippen molar-refractivity contribution < 1.29 is 14.3 Å². The normalized spacial score (nSPS) is 37.7. The summed E-state index contributed by atoms with van der Waals surface area (Å²) in [6.45, 7) is 9.07. The van der Waals surface area contributed by atoms with E-state index in [1.165, 1.54) is 17.5 Å². The van der Waals surface area contributed by atoms with Crippen LogP contribution < -0.4 is 0 Å². The molecule has 4 nitrogen and oxygen atoms in total. The molecule has 3 aliphatic carbocycles. The van der Waals surface area contributed by atoms with Gasteiger partial charge in [0, 0.05) is 5.41 Å². The summed E-state index contributed by atoms with van der Waals surface area (Å²) in [5.74, 6) is 2.21. The van der Waals surface area contributed by atoms with Gasteiger partial charge < -0.3 is 15.1 Å². The Bertz CT molecular complexity index is 798. The molecule has 0 spiro atoms. The molecule has 0 aliphatic heterocycles. The van der Waals surface area contributed by atoms with Crippen molar-refractivity contribution in [1.29, 1.82) is 0 Å². The van der Waals surface area contributed by atoms with E-state index in [-0.39, 0.29) is 5.41 Å². The predicted molar refractivity (Wildman–Crippen MR) is 110 cm³/mol. The molecular weight excluding hydrogens is 352 g/mol. The van der Waals surface area contributed by atoms with Crippen LogP contribution in [0.4, 0.5) is 0 Å². The zero-order valence-electron chi connectivity index (χ0n) is 17.0. The Hall–Kier alpha value is -1.42. The average molecular weight is 385 g/mol. The van der Waals surface area contributed by atoms with Gasteiger partial charge >= 0.3 is 0 Å². The molecule has 1 unspecified atom stereocenters. The lowest BCUT2D eigenvalue weighted by Crippen LogP contribution is -2.56. The number of rotatable bonds is 3. The average Bonchev–Trinajstić information content (AvgIpc) is 2.85. The minimum absolute atomic E-state index is 0.0229. The first kappa shape index (κ1) is 18.9. The number of aryl methyl sites for hydroxylation is 1. The second kappa shape index (κ2) is 6.30. The van der Waals surface area contributed by atoms with E-state index >= 15 is 0 Å². The zero-order chi connectivity index (χ0) is 19.4. The van der Waals surface area contributed by atoms with Crippen molar-refractivity contribution in [1.82, 2.24) is 0 Å². The standard InChI is InChI=1S/C22H32N2O2Si/c1-21-11-9-18-17-8-6-16(25)13-15(17)5-7-19(18)20(21)10-12-22(21,14-24-23)26-27(2,3)4/h6,8,13-14,18-20,25H,5,7,9-12H2,1-4H3/t18-,19-,20+,21+,22?/m1/s1. The number of fused-ring (bicyclic) bond motifs is 5. The molecule has 4 rings (SSSR count). The maximum Gasteiger partial charge on any atom is 0.288 e. The summed E-state index contributed by atoms with van der Waals surface area (Å²) >= 11 is 0. The van der Waals surface area contributed by atoms with Crippen molar-refractivity contribution in [2.24, 2.45) is 17.3 Å². The van der Waals surface area contributed by atoms with E-state index in [4.69, 9.17) is 4.43 Å². The molecule has 0 aromatic heterocycles. The fourth-order valence-electron chi connectivity index (χ4n) is 6.65. The molecule has 2 fully saturated rings. The fraction of sp³-hybridized carbons (Fsp3) is 0.682. The van der Waals surface area contributed by atoms with Crippen LogP contribution in [0.25, 0.3) is 5.53 Å². The number of phenols is 1. The lowest BCUT2D eigenvalue weighted by atomic mass is 9.53. The lowest BCUT2D eigenvalue weighted by molar-refractivity contribution is -0.0801. The van der Waals surface area contributed by atoms with Gasteiger partial charge in [-0.25, -0.2) is 0 Å². The van der Waals surface area contributed by atoms with E-state index in [9.17, 15) is 10.6 Å². The second-order valence-corrected chi connectivity index (χ2v) is 14.6. The van der Waals surface area contributed by atoms with E-state index in [0.717, 1.165) is 32.1 Å². The van der Waals surface area contributed by atoms with Gasteiger partial charge in [0.2, 0.25) is 0 Å². The first-order valence-electron chi connectivity index (χ1n) is 10.4. The van der Waals surface area contributed by atoms with Crippen molar-refractivity contribution in [2.75, 3.05) is 0 Å². The summed E-state index contributed by atoms with van der Waals surface area (Å²) < 4.78 is 6.76. The molecule has 2 saturated carbocycles. The van der Waals surface area contributed by atoms with Crippen molar-refractivity contribution in [3.05, 3.63) is 34.9 Å². The topological polar surface area (TPSA) is 65.9 Å². The highest BCUT2D eigenvalue weighted by Crippen LogP contribution is 2.65. The molecule has 0 bridgehead atoms. The van der Waals surface area contributed by atoms with Gasteiger partial charge in [-0.1, -0.05) is 13.0 Å². The minimum Gasteiger partial charge on any atom is -0.508 e. The molecule has 27 heavy (non-hydrogen) atoms. The van der Waals surface area contributed by atoms with Crippen LogP contribution in [0.2, 0.25) is 19.6 Å². The fourth-order valence-corrected chi connectivity index (χ4v) is 8.13. The summed E-state index contributed by atoms with van der Waals surface area (Å²) in [4.78, 5) is 3.50. The number of nitrogens with zero attached hydrogens (tertiary/aromatic N) is 2. The van der Waals surface area contributed by atoms with Gasteiger partial charge in [-0.3, -0.25) is 0 Å². The van der Waals surface area contributed by atoms with Crippen LogP contribution in [0.15, 0.2) is 18.2 Å². The van der Waals surface area contributed by atoms with Crippen LogP contribution in [0, 0.1) is 17.3 Å². The predicted octanol–water partition coefficient (Wildman–Crippen LogP) is 5.14. The van der Waals surface area contributed by atoms with Gasteiger partial charge in [0.05, 0.1) is 0 Å². The summed E-state index contributed by atoms with van der Waals surface area (Å²) in [6, 6.07) is 5.96. The van der Waals surface area contributed by atoms with E-state index < -0.39 is 13.9 Å². The summed E-state index contributed by atoms with van der Waals surface area (Å²) in [7, 11) is -1.79. The highest BCUT2D eigenvalue weighted by Gasteiger charge is 2.65. The highest BCUT2D eigenvalue weighted by molar-refractivity contribution is 6.70. The van der Waals surface area contributed by atoms with Crippen LogP contribution in [-0.2, 0) is 10.8 Å². The SMILES string of the molecule is C[C@]12CC[C@@H]3c4ccc(O)cc4CC[C@H]3[C@@H]1CCC2(C=[N+]=[N-])O[Si](C)(C)C. The Balaban J connectivity index is 1.71. The number of aromatic hydroxyl groups is 1. The summed E-state index contributed by atoms with van der Waals surface area (Å²) in [5.41, 5.74) is 11.8. The molecular formula is C22H32N2O2Si. The maximum absolute atomic E-state index is 9.86. The van der Waals surface area contributed by atoms with Crippen molar-refractivity contribution in [2.45, 2.75) is 76.6 Å². The number of phenolic OH excluding ortho intramolecular Hbond substituents is 1. The third-order valence-electron chi connectivity index (χ3n) is 7.65. The van der Waals surface area contributed by atoms with Gasteiger partial charge in [-0.05, 0) is 99.2 Å². The number of hydrogen-bond donors (Lipinski definition) is 1. The molecule has 1 N–H and O–H groups in total. The molecule has 0 heterocycles. The molecule has 146 valence electrons. The molecule has 5 atom stereocenters.